The van der Waals surface area contributed by atoms with Crippen LogP contribution in [0.4, 0.5) is 10.1 Å². The van der Waals surface area contributed by atoms with Gasteiger partial charge in [-0.2, -0.15) is 0 Å². The maximum atomic E-state index is 14.6. The average molecular weight is 633 g/mol. The summed E-state index contributed by atoms with van der Waals surface area (Å²) >= 11 is 11.7. The van der Waals surface area contributed by atoms with Gasteiger partial charge in [0.2, 0.25) is 23.6 Å². The Morgan fingerprint density at radius 3 is 2.42 bits per heavy atom. The van der Waals surface area contributed by atoms with Crippen LogP contribution in [0.2, 0.25) is 10.0 Å². The lowest BCUT2D eigenvalue weighted by molar-refractivity contribution is -0.144. The van der Waals surface area contributed by atoms with Gasteiger partial charge in [0.25, 0.3) is 0 Å². The molecule has 12 heteroatoms. The smallest absolute Gasteiger partial charge is 0.247 e. The normalized spacial score (nSPS) is 19.4. The van der Waals surface area contributed by atoms with Gasteiger partial charge in [0.1, 0.15) is 12.1 Å². The molecule has 1 saturated carbocycles. The van der Waals surface area contributed by atoms with Crippen LogP contribution >= 0.6 is 23.2 Å². The third kappa shape index (κ3) is 6.81. The SMILES string of the molecule is NCC[C@H](NC(=O)[C@@H]1Cc2ccccc2CN1C(=O)CCC(=O)N1CCC2(CCC2)C1)C(=O)Nc1ccc(Cl)c(Cl)c1F. The highest BCUT2D eigenvalue weighted by molar-refractivity contribution is 6.42. The molecule has 2 aromatic carbocycles. The summed E-state index contributed by atoms with van der Waals surface area (Å²) in [6.45, 7) is 1.76. The molecule has 2 aromatic rings. The maximum absolute atomic E-state index is 14.6. The third-order valence-corrected chi connectivity index (χ3v) is 9.79. The van der Waals surface area contributed by atoms with Crippen LogP contribution < -0.4 is 16.4 Å². The standard InChI is InChI=1S/C31H36Cl2FN5O4/c32-21-6-7-22(28(34)27(21)33)36-29(42)23(10-14-35)37-30(43)24-16-19-4-1-2-5-20(19)17-39(24)26(41)9-8-25(40)38-15-13-31(18-38)11-3-12-31/h1-2,4-7,23-24H,3,8-18,35H2,(H,36,42)(H,37,43)/t23-,24-/m0/s1. The second kappa shape index (κ2) is 13.2. The van der Waals surface area contributed by atoms with Crippen LogP contribution in [0.15, 0.2) is 36.4 Å². The first-order valence-corrected chi connectivity index (χ1v) is 15.5. The molecule has 0 unspecified atom stereocenters. The van der Waals surface area contributed by atoms with E-state index in [-0.39, 0.29) is 71.7 Å². The van der Waals surface area contributed by atoms with Crippen LogP contribution in [-0.4, -0.2) is 65.1 Å². The molecule has 230 valence electrons. The Balaban J connectivity index is 1.27. The quantitative estimate of drug-likeness (QED) is 0.360. The summed E-state index contributed by atoms with van der Waals surface area (Å²) in [4.78, 5) is 56.6. The van der Waals surface area contributed by atoms with Gasteiger partial charge < -0.3 is 26.2 Å². The van der Waals surface area contributed by atoms with E-state index < -0.39 is 29.7 Å². The van der Waals surface area contributed by atoms with E-state index in [1.807, 2.05) is 29.2 Å². The van der Waals surface area contributed by atoms with Gasteiger partial charge in [-0.05, 0) is 60.9 Å². The molecular formula is C31H36Cl2FN5O4. The zero-order chi connectivity index (χ0) is 30.7. The third-order valence-electron chi connectivity index (χ3n) is 9.01. The summed E-state index contributed by atoms with van der Waals surface area (Å²) in [7, 11) is 0. The van der Waals surface area contributed by atoms with Gasteiger partial charge in [-0.15, -0.1) is 0 Å². The highest BCUT2D eigenvalue weighted by Gasteiger charge is 2.44. The fourth-order valence-corrected chi connectivity index (χ4v) is 6.62. The van der Waals surface area contributed by atoms with Gasteiger partial charge in [0.15, 0.2) is 5.82 Å². The van der Waals surface area contributed by atoms with Crippen LogP contribution in [-0.2, 0) is 32.1 Å². The van der Waals surface area contributed by atoms with E-state index in [0.717, 1.165) is 43.5 Å². The van der Waals surface area contributed by atoms with Gasteiger partial charge in [-0.3, -0.25) is 19.2 Å². The Kier molecular flexibility index (Phi) is 9.58. The van der Waals surface area contributed by atoms with Crippen molar-refractivity contribution in [1.29, 1.82) is 0 Å². The average Bonchev–Trinajstić information content (AvgIpc) is 3.46. The monoisotopic (exact) mass is 631 g/mol. The van der Waals surface area contributed by atoms with Crippen LogP contribution in [0.25, 0.3) is 0 Å². The molecular weight excluding hydrogens is 596 g/mol. The molecule has 3 aliphatic rings. The second-order valence-electron chi connectivity index (χ2n) is 11.8. The van der Waals surface area contributed by atoms with E-state index in [4.69, 9.17) is 28.9 Å². The minimum Gasteiger partial charge on any atom is -0.342 e. The molecule has 0 aromatic heterocycles. The predicted molar refractivity (Wildman–Crippen MR) is 162 cm³/mol. The van der Waals surface area contributed by atoms with Crippen LogP contribution in [0, 0.1) is 11.2 Å². The highest BCUT2D eigenvalue weighted by atomic mass is 35.5. The zero-order valence-electron chi connectivity index (χ0n) is 23.8. The molecule has 0 radical (unpaired) electrons. The first-order valence-electron chi connectivity index (χ1n) is 14.7. The first-order chi connectivity index (χ1) is 20.6. The number of likely N-dealkylation sites (tertiary alicyclic amines) is 1. The first kappa shape index (κ1) is 31.2. The number of amides is 4. The largest absolute Gasteiger partial charge is 0.342 e. The van der Waals surface area contributed by atoms with Crippen LogP contribution in [0.3, 0.4) is 0 Å². The van der Waals surface area contributed by atoms with Crippen molar-refractivity contribution in [3.63, 3.8) is 0 Å². The van der Waals surface area contributed by atoms with Gasteiger partial charge in [0, 0.05) is 38.9 Å². The lowest BCUT2D eigenvalue weighted by atomic mass is 9.68. The Morgan fingerprint density at radius 2 is 1.74 bits per heavy atom. The minimum absolute atomic E-state index is 0.00396. The summed E-state index contributed by atoms with van der Waals surface area (Å²) in [5.74, 6) is -2.47. The van der Waals surface area contributed by atoms with Gasteiger partial charge in [-0.25, -0.2) is 4.39 Å². The van der Waals surface area contributed by atoms with E-state index in [1.165, 1.54) is 23.5 Å². The molecule has 2 fully saturated rings. The van der Waals surface area contributed by atoms with Gasteiger partial charge in [-0.1, -0.05) is 53.9 Å². The predicted octanol–water partition coefficient (Wildman–Crippen LogP) is 4.04. The number of rotatable bonds is 9. The van der Waals surface area contributed by atoms with E-state index in [9.17, 15) is 23.6 Å². The van der Waals surface area contributed by atoms with Crippen molar-refractivity contribution in [2.75, 3.05) is 25.0 Å². The fourth-order valence-electron chi connectivity index (χ4n) is 6.31. The van der Waals surface area contributed by atoms with Crippen molar-refractivity contribution in [1.82, 2.24) is 15.1 Å². The van der Waals surface area contributed by atoms with Crippen molar-refractivity contribution in [3.05, 3.63) is 63.4 Å². The number of carbonyl (C=O) groups is 4. The summed E-state index contributed by atoms with van der Waals surface area (Å²) in [6, 6.07) is 8.17. The number of nitrogens with one attached hydrogen (secondary N) is 2. The summed E-state index contributed by atoms with van der Waals surface area (Å²) in [6.07, 6.45) is 4.93. The van der Waals surface area contributed by atoms with Crippen molar-refractivity contribution >= 4 is 52.5 Å². The van der Waals surface area contributed by atoms with Crippen molar-refractivity contribution in [2.24, 2.45) is 11.1 Å². The van der Waals surface area contributed by atoms with Gasteiger partial charge >= 0.3 is 0 Å². The lowest BCUT2D eigenvalue weighted by Gasteiger charge is -2.38. The molecule has 1 spiro atoms. The van der Waals surface area contributed by atoms with Crippen molar-refractivity contribution in [2.45, 2.75) is 70.0 Å². The number of benzene rings is 2. The molecule has 2 aliphatic heterocycles. The van der Waals surface area contributed by atoms with E-state index in [0.29, 0.717) is 0 Å². The van der Waals surface area contributed by atoms with Crippen LogP contribution in [0.1, 0.15) is 56.1 Å². The topological polar surface area (TPSA) is 125 Å². The summed E-state index contributed by atoms with van der Waals surface area (Å²) < 4.78 is 14.6. The van der Waals surface area contributed by atoms with E-state index in [2.05, 4.69) is 10.6 Å². The molecule has 2 heterocycles. The number of carbonyl (C=O) groups excluding carboxylic acids is 4. The molecule has 4 amide bonds. The number of fused-ring (bicyclic) bond motifs is 1. The number of nitrogens with zero attached hydrogens (tertiary/aromatic N) is 2. The molecule has 5 rings (SSSR count). The van der Waals surface area contributed by atoms with Gasteiger partial charge in [0.05, 0.1) is 15.7 Å². The second-order valence-corrected chi connectivity index (χ2v) is 12.6. The summed E-state index contributed by atoms with van der Waals surface area (Å²) in [5.41, 5.74) is 7.66. The van der Waals surface area contributed by atoms with Crippen molar-refractivity contribution in [3.8, 4) is 0 Å². The molecule has 0 bridgehead atoms. The lowest BCUT2D eigenvalue weighted by Crippen LogP contribution is -2.56. The molecule has 43 heavy (non-hydrogen) atoms. The number of anilines is 1. The van der Waals surface area contributed by atoms with Crippen LogP contribution in [0.5, 0.6) is 0 Å². The Bertz CT molecular complexity index is 1420. The van der Waals surface area contributed by atoms with E-state index in [1.54, 1.807) is 0 Å². The number of halogens is 3. The molecule has 1 aliphatic carbocycles. The Hall–Kier alpha value is -3.21. The highest BCUT2D eigenvalue weighted by Crippen LogP contribution is 2.48. The Morgan fingerprint density at radius 1 is 1.02 bits per heavy atom. The molecule has 2 atom stereocenters. The number of hydrogen-bond donors (Lipinski definition) is 3. The minimum atomic E-state index is -1.10. The van der Waals surface area contributed by atoms with Crippen molar-refractivity contribution < 1.29 is 23.6 Å². The molecule has 4 N–H and O–H groups in total. The summed E-state index contributed by atoms with van der Waals surface area (Å²) in [5, 5.41) is 4.83. The zero-order valence-corrected chi connectivity index (χ0v) is 25.4. The molecule has 1 saturated heterocycles. The number of hydrogen-bond acceptors (Lipinski definition) is 5. The maximum Gasteiger partial charge on any atom is 0.247 e. The van der Waals surface area contributed by atoms with E-state index >= 15 is 0 Å². The molecule has 9 nitrogen and oxygen atoms in total. The fraction of sp³-hybridized carbons (Fsp3) is 0.484. The number of nitrogens with two attached hydrogens (primary N) is 1. The Labute approximate surface area is 260 Å².